The minimum absolute atomic E-state index is 0.0309. The number of hydrogen-bond donors (Lipinski definition) is 1. The van der Waals surface area contributed by atoms with Crippen LogP contribution in [0.4, 0.5) is 8.78 Å². The zero-order valence-corrected chi connectivity index (χ0v) is 11.9. The molecule has 4 nitrogen and oxygen atoms in total. The van der Waals surface area contributed by atoms with Crippen molar-refractivity contribution in [1.29, 1.82) is 0 Å². The number of benzene rings is 1. The number of nitrogens with zero attached hydrogens (tertiary/aromatic N) is 1. The molecule has 0 aromatic heterocycles. The number of likely N-dealkylation sites (tertiary alicyclic amines) is 1. The first-order valence-electron chi connectivity index (χ1n) is 6.97. The molecular formula is C15H18F2N2O2. The van der Waals surface area contributed by atoms with Gasteiger partial charge in [-0.15, -0.1) is 0 Å². The minimum Gasteiger partial charge on any atom is -0.358 e. The number of rotatable bonds is 4. The molecule has 0 radical (unpaired) electrons. The molecule has 0 bridgehead atoms. The zero-order chi connectivity index (χ0) is 15.4. The van der Waals surface area contributed by atoms with Crippen molar-refractivity contribution in [2.45, 2.75) is 25.3 Å². The molecule has 2 rings (SSSR count). The molecule has 1 aliphatic rings. The second-order valence-corrected chi connectivity index (χ2v) is 5.15. The Balaban J connectivity index is 2.09. The van der Waals surface area contributed by atoms with E-state index in [9.17, 15) is 18.4 Å². The van der Waals surface area contributed by atoms with Gasteiger partial charge in [0, 0.05) is 12.6 Å². The van der Waals surface area contributed by atoms with E-state index in [-0.39, 0.29) is 29.8 Å². The Hall–Kier alpha value is -1.82. The second kappa shape index (κ2) is 6.76. The maximum absolute atomic E-state index is 13.2. The molecule has 1 unspecified atom stereocenters. The number of ketones is 1. The molecule has 1 aromatic rings. The van der Waals surface area contributed by atoms with Gasteiger partial charge in [0.25, 0.3) is 0 Å². The fourth-order valence-electron chi connectivity index (χ4n) is 2.59. The fraction of sp³-hybridized carbons (Fsp3) is 0.467. The average Bonchev–Trinajstić information content (AvgIpc) is 2.49. The first kappa shape index (κ1) is 15.6. The summed E-state index contributed by atoms with van der Waals surface area (Å²) >= 11 is 0. The highest BCUT2D eigenvalue weighted by molar-refractivity contribution is 5.98. The van der Waals surface area contributed by atoms with Crippen molar-refractivity contribution in [1.82, 2.24) is 10.2 Å². The van der Waals surface area contributed by atoms with Gasteiger partial charge in [-0.2, -0.15) is 0 Å². The molecule has 1 amide bonds. The number of hydrogen-bond acceptors (Lipinski definition) is 3. The van der Waals surface area contributed by atoms with Crippen molar-refractivity contribution in [3.63, 3.8) is 0 Å². The van der Waals surface area contributed by atoms with Crippen LogP contribution < -0.4 is 5.32 Å². The third-order valence-corrected chi connectivity index (χ3v) is 3.75. The van der Waals surface area contributed by atoms with Crippen LogP contribution >= 0.6 is 0 Å². The van der Waals surface area contributed by atoms with Crippen molar-refractivity contribution in [2.24, 2.45) is 0 Å². The molecule has 1 aromatic carbocycles. The minimum atomic E-state index is -1.04. The van der Waals surface area contributed by atoms with Gasteiger partial charge in [0.15, 0.2) is 17.4 Å². The van der Waals surface area contributed by atoms with Crippen molar-refractivity contribution < 1.29 is 18.4 Å². The van der Waals surface area contributed by atoms with Crippen molar-refractivity contribution in [3.05, 3.63) is 35.4 Å². The molecule has 0 saturated carbocycles. The standard InChI is InChI=1S/C15H18F2N2O2/c1-18-15(21)13-4-2-3-7-19(13)9-14(20)10-5-6-11(16)12(17)8-10/h5-6,8,13H,2-4,7,9H2,1H3,(H,18,21). The summed E-state index contributed by atoms with van der Waals surface area (Å²) in [5, 5.41) is 2.59. The summed E-state index contributed by atoms with van der Waals surface area (Å²) in [7, 11) is 1.56. The van der Waals surface area contributed by atoms with E-state index in [0.717, 1.165) is 25.0 Å². The number of piperidine rings is 1. The number of carbonyl (C=O) groups is 2. The number of Topliss-reactive ketones (excluding diaryl/α,β-unsaturated/α-hetero) is 1. The quantitative estimate of drug-likeness (QED) is 0.861. The van der Waals surface area contributed by atoms with Crippen molar-refractivity contribution in [3.8, 4) is 0 Å². The summed E-state index contributed by atoms with van der Waals surface area (Å²) in [6.45, 7) is 0.677. The Labute approximate surface area is 122 Å². The smallest absolute Gasteiger partial charge is 0.237 e. The van der Waals surface area contributed by atoms with E-state index in [1.165, 1.54) is 6.07 Å². The van der Waals surface area contributed by atoms with Crippen LogP contribution in [0, 0.1) is 11.6 Å². The lowest BCUT2D eigenvalue weighted by molar-refractivity contribution is -0.126. The number of likely N-dealkylation sites (N-methyl/N-ethyl adjacent to an activating group) is 1. The highest BCUT2D eigenvalue weighted by Crippen LogP contribution is 2.18. The first-order chi connectivity index (χ1) is 10.0. The lowest BCUT2D eigenvalue weighted by atomic mass is 10.00. The normalized spacial score (nSPS) is 19.3. The Morgan fingerprint density at radius 3 is 2.71 bits per heavy atom. The topological polar surface area (TPSA) is 49.4 Å². The molecule has 1 saturated heterocycles. The summed E-state index contributed by atoms with van der Waals surface area (Å²) in [6.07, 6.45) is 2.55. The molecule has 1 N–H and O–H groups in total. The van der Waals surface area contributed by atoms with E-state index in [2.05, 4.69) is 5.32 Å². The van der Waals surface area contributed by atoms with Gasteiger partial charge in [-0.1, -0.05) is 6.42 Å². The third-order valence-electron chi connectivity index (χ3n) is 3.75. The van der Waals surface area contributed by atoms with Gasteiger partial charge in [0.2, 0.25) is 5.91 Å². The van der Waals surface area contributed by atoms with Crippen LogP contribution in [0.5, 0.6) is 0 Å². The summed E-state index contributed by atoms with van der Waals surface area (Å²) in [5.74, 6) is -2.45. The highest BCUT2D eigenvalue weighted by Gasteiger charge is 2.29. The molecular weight excluding hydrogens is 278 g/mol. The van der Waals surface area contributed by atoms with Gasteiger partial charge in [-0.3, -0.25) is 14.5 Å². The van der Waals surface area contributed by atoms with Gasteiger partial charge in [0.1, 0.15) is 0 Å². The number of nitrogens with one attached hydrogen (secondary N) is 1. The number of carbonyl (C=O) groups excluding carboxylic acids is 2. The van der Waals surface area contributed by atoms with Gasteiger partial charge in [-0.05, 0) is 37.6 Å². The summed E-state index contributed by atoms with van der Waals surface area (Å²) in [6, 6.07) is 2.77. The van der Waals surface area contributed by atoms with Gasteiger partial charge in [-0.25, -0.2) is 8.78 Å². The molecule has 1 aliphatic heterocycles. The Bertz CT molecular complexity index is 548. The Kier molecular flexibility index (Phi) is 5.01. The molecule has 114 valence electrons. The van der Waals surface area contributed by atoms with Crippen LogP contribution in [0.1, 0.15) is 29.6 Å². The van der Waals surface area contributed by atoms with Crippen LogP contribution in [0.2, 0.25) is 0 Å². The molecule has 1 atom stereocenters. The maximum Gasteiger partial charge on any atom is 0.237 e. The predicted octanol–water partition coefficient (Wildman–Crippen LogP) is 1.75. The Morgan fingerprint density at radius 1 is 1.29 bits per heavy atom. The molecule has 0 spiro atoms. The van der Waals surface area contributed by atoms with Crippen LogP contribution in [0.25, 0.3) is 0 Å². The Morgan fingerprint density at radius 2 is 2.05 bits per heavy atom. The molecule has 1 fully saturated rings. The van der Waals surface area contributed by atoms with E-state index < -0.39 is 11.6 Å². The van der Waals surface area contributed by atoms with E-state index in [1.807, 2.05) is 0 Å². The van der Waals surface area contributed by atoms with Crippen LogP contribution in [-0.2, 0) is 4.79 Å². The SMILES string of the molecule is CNC(=O)C1CCCCN1CC(=O)c1ccc(F)c(F)c1. The number of halogens is 2. The zero-order valence-electron chi connectivity index (χ0n) is 11.9. The highest BCUT2D eigenvalue weighted by atomic mass is 19.2. The summed E-state index contributed by atoms with van der Waals surface area (Å²) in [4.78, 5) is 25.8. The lowest BCUT2D eigenvalue weighted by Gasteiger charge is -2.33. The fourth-order valence-corrected chi connectivity index (χ4v) is 2.59. The van der Waals surface area contributed by atoms with Crippen LogP contribution in [-0.4, -0.2) is 42.8 Å². The van der Waals surface area contributed by atoms with Crippen molar-refractivity contribution >= 4 is 11.7 Å². The average molecular weight is 296 g/mol. The molecule has 1 heterocycles. The van der Waals surface area contributed by atoms with Crippen molar-refractivity contribution in [2.75, 3.05) is 20.1 Å². The largest absolute Gasteiger partial charge is 0.358 e. The molecule has 0 aliphatic carbocycles. The van der Waals surface area contributed by atoms with E-state index in [1.54, 1.807) is 11.9 Å². The van der Waals surface area contributed by atoms with Gasteiger partial charge in [0.05, 0.1) is 12.6 Å². The summed E-state index contributed by atoms with van der Waals surface area (Å²) < 4.78 is 26.1. The molecule has 21 heavy (non-hydrogen) atoms. The van der Waals surface area contributed by atoms with E-state index in [0.29, 0.717) is 13.0 Å². The van der Waals surface area contributed by atoms with Crippen LogP contribution in [0.15, 0.2) is 18.2 Å². The monoisotopic (exact) mass is 296 g/mol. The maximum atomic E-state index is 13.2. The van der Waals surface area contributed by atoms with E-state index in [4.69, 9.17) is 0 Å². The summed E-state index contributed by atoms with van der Waals surface area (Å²) in [5.41, 5.74) is 0.120. The predicted molar refractivity (Wildman–Crippen MR) is 74.0 cm³/mol. The van der Waals surface area contributed by atoms with E-state index >= 15 is 0 Å². The lowest BCUT2D eigenvalue weighted by Crippen LogP contribution is -2.50. The molecule has 6 heteroatoms. The van der Waals surface area contributed by atoms with Gasteiger partial charge >= 0.3 is 0 Å². The third kappa shape index (κ3) is 3.64. The number of amides is 1. The second-order valence-electron chi connectivity index (χ2n) is 5.15. The first-order valence-corrected chi connectivity index (χ1v) is 6.97. The van der Waals surface area contributed by atoms with Gasteiger partial charge < -0.3 is 5.32 Å². The van der Waals surface area contributed by atoms with Crippen LogP contribution in [0.3, 0.4) is 0 Å².